The normalized spacial score (nSPS) is 18.4. The molecule has 2 heteroatoms. The van der Waals surface area contributed by atoms with Crippen molar-refractivity contribution in [3.8, 4) is 11.5 Å². The molecule has 1 atom stereocenters. The maximum atomic E-state index is 6.11. The topological polar surface area (TPSA) is 18.5 Å². The van der Waals surface area contributed by atoms with Gasteiger partial charge in [0.15, 0.2) is 6.10 Å². The fourth-order valence-corrected chi connectivity index (χ4v) is 3.34. The summed E-state index contributed by atoms with van der Waals surface area (Å²) < 4.78 is 12.2. The summed E-state index contributed by atoms with van der Waals surface area (Å²) in [6, 6.07) is 20.8. The van der Waals surface area contributed by atoms with E-state index in [1.165, 1.54) is 16.3 Å². The van der Waals surface area contributed by atoms with Crippen LogP contribution in [0.3, 0.4) is 0 Å². The van der Waals surface area contributed by atoms with Crippen molar-refractivity contribution in [3.05, 3.63) is 71.8 Å². The highest BCUT2D eigenvalue weighted by Gasteiger charge is 2.31. The SMILES string of the molecule is C1=C2c3ccc4ccccc4c3OCC2Oc2ccccc21. The van der Waals surface area contributed by atoms with Gasteiger partial charge in [0.1, 0.15) is 18.1 Å². The Morgan fingerprint density at radius 2 is 1.73 bits per heavy atom. The van der Waals surface area contributed by atoms with Crippen LogP contribution in [0.15, 0.2) is 60.7 Å². The van der Waals surface area contributed by atoms with Crippen LogP contribution in [0.1, 0.15) is 11.1 Å². The van der Waals surface area contributed by atoms with Gasteiger partial charge >= 0.3 is 0 Å². The van der Waals surface area contributed by atoms with E-state index in [1.54, 1.807) is 0 Å². The highest BCUT2D eigenvalue weighted by Crippen LogP contribution is 2.43. The summed E-state index contributed by atoms with van der Waals surface area (Å²) in [7, 11) is 0. The van der Waals surface area contributed by atoms with E-state index in [2.05, 4.69) is 48.5 Å². The molecule has 2 aliphatic rings. The predicted octanol–water partition coefficient (Wildman–Crippen LogP) is 4.53. The van der Waals surface area contributed by atoms with Gasteiger partial charge in [0.05, 0.1) is 0 Å². The van der Waals surface area contributed by atoms with Gasteiger partial charge in [0.2, 0.25) is 0 Å². The van der Waals surface area contributed by atoms with Gasteiger partial charge in [-0.2, -0.15) is 0 Å². The van der Waals surface area contributed by atoms with Crippen molar-refractivity contribution < 1.29 is 9.47 Å². The number of para-hydroxylation sites is 1. The molecular formula is C20H14O2. The van der Waals surface area contributed by atoms with Crippen LogP contribution in [0.2, 0.25) is 0 Å². The van der Waals surface area contributed by atoms with Gasteiger partial charge in [-0.3, -0.25) is 0 Å². The van der Waals surface area contributed by atoms with Crippen LogP contribution in [0.5, 0.6) is 11.5 Å². The predicted molar refractivity (Wildman–Crippen MR) is 88.2 cm³/mol. The zero-order valence-electron chi connectivity index (χ0n) is 12.0. The minimum atomic E-state index is -0.0245. The monoisotopic (exact) mass is 286 g/mol. The summed E-state index contributed by atoms with van der Waals surface area (Å²) in [6.07, 6.45) is 2.21. The Kier molecular flexibility index (Phi) is 2.36. The summed E-state index contributed by atoms with van der Waals surface area (Å²) in [4.78, 5) is 0. The molecule has 0 amide bonds. The lowest BCUT2D eigenvalue weighted by Crippen LogP contribution is -2.32. The van der Waals surface area contributed by atoms with Gasteiger partial charge in [-0.1, -0.05) is 54.6 Å². The lowest BCUT2D eigenvalue weighted by Gasteiger charge is -2.33. The van der Waals surface area contributed by atoms with Crippen molar-refractivity contribution in [2.75, 3.05) is 6.61 Å². The van der Waals surface area contributed by atoms with Crippen LogP contribution in [0.25, 0.3) is 22.4 Å². The lowest BCUT2D eigenvalue weighted by atomic mass is 9.91. The summed E-state index contributed by atoms with van der Waals surface area (Å²) in [6.45, 7) is 0.557. The number of benzene rings is 3. The highest BCUT2D eigenvalue weighted by molar-refractivity contribution is 5.98. The second kappa shape index (κ2) is 4.38. The molecule has 2 nitrogen and oxygen atoms in total. The van der Waals surface area contributed by atoms with Crippen molar-refractivity contribution in [2.45, 2.75) is 6.10 Å². The Balaban J connectivity index is 1.76. The van der Waals surface area contributed by atoms with Gasteiger partial charge in [0, 0.05) is 22.1 Å². The average Bonchev–Trinajstić information content (AvgIpc) is 2.59. The van der Waals surface area contributed by atoms with Crippen LogP contribution in [-0.4, -0.2) is 12.7 Å². The van der Waals surface area contributed by atoms with Crippen LogP contribution in [-0.2, 0) is 0 Å². The Morgan fingerprint density at radius 1 is 0.864 bits per heavy atom. The van der Waals surface area contributed by atoms with Crippen molar-refractivity contribution >= 4 is 22.4 Å². The largest absolute Gasteiger partial charge is 0.488 e. The van der Waals surface area contributed by atoms with Crippen LogP contribution in [0, 0.1) is 0 Å². The first-order valence-electron chi connectivity index (χ1n) is 7.52. The van der Waals surface area contributed by atoms with Gasteiger partial charge in [-0.25, -0.2) is 0 Å². The van der Waals surface area contributed by atoms with Gasteiger partial charge in [-0.15, -0.1) is 0 Å². The fourth-order valence-electron chi connectivity index (χ4n) is 3.34. The van der Waals surface area contributed by atoms with Crippen molar-refractivity contribution in [1.29, 1.82) is 0 Å². The maximum absolute atomic E-state index is 6.11. The molecule has 2 aliphatic heterocycles. The van der Waals surface area contributed by atoms with Crippen molar-refractivity contribution in [1.82, 2.24) is 0 Å². The molecule has 2 heterocycles. The molecule has 3 aromatic carbocycles. The van der Waals surface area contributed by atoms with E-state index in [9.17, 15) is 0 Å². The summed E-state index contributed by atoms with van der Waals surface area (Å²) >= 11 is 0. The summed E-state index contributed by atoms with van der Waals surface area (Å²) in [5.74, 6) is 1.91. The molecular weight excluding hydrogens is 272 g/mol. The van der Waals surface area contributed by atoms with E-state index in [1.807, 2.05) is 18.2 Å². The second-order valence-corrected chi connectivity index (χ2v) is 5.72. The van der Waals surface area contributed by atoms with E-state index in [0.717, 1.165) is 22.6 Å². The Labute approximate surface area is 128 Å². The number of hydrogen-bond donors (Lipinski definition) is 0. The van der Waals surface area contributed by atoms with Gasteiger partial charge < -0.3 is 9.47 Å². The molecule has 0 aliphatic carbocycles. The van der Waals surface area contributed by atoms with E-state index >= 15 is 0 Å². The highest BCUT2D eigenvalue weighted by atomic mass is 16.5. The first kappa shape index (κ1) is 11.9. The van der Waals surface area contributed by atoms with Crippen molar-refractivity contribution in [3.63, 3.8) is 0 Å². The van der Waals surface area contributed by atoms with Gasteiger partial charge in [-0.05, 0) is 17.5 Å². The van der Waals surface area contributed by atoms with E-state index in [-0.39, 0.29) is 6.10 Å². The first-order valence-corrected chi connectivity index (χ1v) is 7.52. The quantitative estimate of drug-likeness (QED) is 0.604. The summed E-state index contributed by atoms with van der Waals surface area (Å²) in [5.41, 5.74) is 3.49. The molecule has 0 bridgehead atoms. The first-order chi connectivity index (χ1) is 10.9. The molecule has 1 unspecified atom stereocenters. The molecule has 0 saturated carbocycles. The second-order valence-electron chi connectivity index (χ2n) is 5.72. The van der Waals surface area contributed by atoms with E-state index < -0.39 is 0 Å². The van der Waals surface area contributed by atoms with E-state index in [4.69, 9.17) is 9.47 Å². The standard InChI is InChI=1S/C20H14O2/c1-3-7-15-13(5-1)9-10-16-17-11-14-6-2-4-8-18(14)22-19(17)12-21-20(15)16/h1-11,19H,12H2. The Hall–Kier alpha value is -2.74. The molecule has 5 rings (SSSR count). The zero-order valence-corrected chi connectivity index (χ0v) is 12.0. The summed E-state index contributed by atoms with van der Waals surface area (Å²) in [5, 5.41) is 2.37. The number of hydrogen-bond acceptors (Lipinski definition) is 2. The van der Waals surface area contributed by atoms with E-state index in [0.29, 0.717) is 6.61 Å². The molecule has 0 N–H and O–H groups in total. The molecule has 0 radical (unpaired) electrons. The molecule has 0 saturated heterocycles. The van der Waals surface area contributed by atoms with Gasteiger partial charge in [0.25, 0.3) is 0 Å². The fraction of sp³-hybridized carbons (Fsp3) is 0.100. The molecule has 3 aromatic rings. The third-order valence-electron chi connectivity index (χ3n) is 4.42. The minimum Gasteiger partial charge on any atom is -0.488 e. The maximum Gasteiger partial charge on any atom is 0.158 e. The Morgan fingerprint density at radius 3 is 2.73 bits per heavy atom. The number of fused-ring (bicyclic) bond motifs is 6. The number of rotatable bonds is 0. The third kappa shape index (κ3) is 1.61. The zero-order chi connectivity index (χ0) is 14.5. The third-order valence-corrected chi connectivity index (χ3v) is 4.42. The van der Waals surface area contributed by atoms with Crippen LogP contribution < -0.4 is 9.47 Å². The Bertz CT molecular complexity index is 924. The average molecular weight is 286 g/mol. The molecule has 0 spiro atoms. The number of ether oxygens (including phenoxy) is 2. The molecule has 0 fully saturated rings. The van der Waals surface area contributed by atoms with Crippen molar-refractivity contribution in [2.24, 2.45) is 0 Å². The minimum absolute atomic E-state index is 0.0245. The smallest absolute Gasteiger partial charge is 0.158 e. The lowest BCUT2D eigenvalue weighted by molar-refractivity contribution is 0.160. The van der Waals surface area contributed by atoms with Crippen LogP contribution >= 0.6 is 0 Å². The molecule has 22 heavy (non-hydrogen) atoms. The molecule has 106 valence electrons. The molecule has 0 aromatic heterocycles. The van der Waals surface area contributed by atoms with Crippen LogP contribution in [0.4, 0.5) is 0 Å².